The maximum absolute atomic E-state index is 3.51. The normalized spacial score (nSPS) is 10.6. The van der Waals surface area contributed by atoms with Gasteiger partial charge in [-0.1, -0.05) is 48.0 Å². The van der Waals surface area contributed by atoms with E-state index in [1.807, 2.05) is 0 Å². The first kappa shape index (κ1) is 12.8. The average Bonchev–Trinajstić information content (AvgIpc) is 2.37. The Hall–Kier alpha value is -1.60. The third-order valence-corrected chi connectivity index (χ3v) is 3.48. The zero-order valence-electron chi connectivity index (χ0n) is 11.5. The van der Waals surface area contributed by atoms with Gasteiger partial charge in [0.1, 0.15) is 0 Å². The van der Waals surface area contributed by atoms with E-state index >= 15 is 0 Å². The molecule has 0 heterocycles. The largest absolute Gasteiger partial charge is 0.309 e. The molecule has 2 aromatic carbocycles. The number of aryl methyl sites for hydroxylation is 2. The van der Waals surface area contributed by atoms with Crippen LogP contribution in [0.3, 0.4) is 0 Å². The molecule has 0 saturated heterocycles. The summed E-state index contributed by atoms with van der Waals surface area (Å²) in [6.45, 7) is 8.33. The van der Waals surface area contributed by atoms with E-state index in [-0.39, 0.29) is 0 Å². The van der Waals surface area contributed by atoms with Gasteiger partial charge in [-0.3, -0.25) is 0 Å². The Morgan fingerprint density at radius 1 is 0.833 bits per heavy atom. The van der Waals surface area contributed by atoms with Crippen LogP contribution in [0.4, 0.5) is 0 Å². The van der Waals surface area contributed by atoms with Crippen molar-refractivity contribution in [2.24, 2.45) is 0 Å². The molecular weight excluding hydrogens is 218 g/mol. The molecule has 0 spiro atoms. The van der Waals surface area contributed by atoms with Gasteiger partial charge in [0.25, 0.3) is 0 Å². The lowest BCUT2D eigenvalue weighted by Crippen LogP contribution is -2.13. The lowest BCUT2D eigenvalue weighted by Gasteiger charge is -2.10. The van der Waals surface area contributed by atoms with Crippen LogP contribution in [0.2, 0.25) is 0 Å². The van der Waals surface area contributed by atoms with E-state index in [4.69, 9.17) is 0 Å². The third kappa shape index (κ3) is 3.21. The summed E-state index contributed by atoms with van der Waals surface area (Å²) in [5.41, 5.74) is 6.81. The summed E-state index contributed by atoms with van der Waals surface area (Å²) in [5.74, 6) is 0. The minimum absolute atomic E-state index is 0.924. The molecule has 0 aliphatic carbocycles. The van der Waals surface area contributed by atoms with Gasteiger partial charge in [-0.25, -0.2) is 0 Å². The summed E-state index contributed by atoms with van der Waals surface area (Å²) in [5, 5.41) is 3.51. The van der Waals surface area contributed by atoms with Crippen molar-refractivity contribution < 1.29 is 0 Å². The van der Waals surface area contributed by atoms with Crippen LogP contribution in [0.5, 0.6) is 0 Å². The van der Waals surface area contributed by atoms with E-state index in [1.54, 1.807) is 0 Å². The summed E-state index contributed by atoms with van der Waals surface area (Å²) in [7, 11) is 0. The first-order valence-corrected chi connectivity index (χ1v) is 6.48. The molecular formula is C17H21N. The van der Waals surface area contributed by atoms with Crippen molar-refractivity contribution in [2.75, 3.05) is 0 Å². The van der Waals surface area contributed by atoms with E-state index in [0.29, 0.717) is 0 Å². The molecule has 0 fully saturated rings. The van der Waals surface area contributed by atoms with Crippen molar-refractivity contribution in [2.45, 2.75) is 33.9 Å². The van der Waals surface area contributed by atoms with Crippen molar-refractivity contribution in [3.8, 4) is 0 Å². The van der Waals surface area contributed by atoms with Gasteiger partial charge in [-0.2, -0.15) is 0 Å². The highest BCUT2D eigenvalue weighted by Crippen LogP contribution is 2.12. The standard InChI is InChI=1S/C17H21N/c1-13-7-9-16(10-8-13)11-18-12-17-6-4-5-14(2)15(17)3/h4-10,18H,11-12H2,1-3H3. The molecule has 0 aromatic heterocycles. The summed E-state index contributed by atoms with van der Waals surface area (Å²) in [4.78, 5) is 0. The first-order valence-electron chi connectivity index (χ1n) is 6.48. The molecule has 2 aromatic rings. The quantitative estimate of drug-likeness (QED) is 0.853. The van der Waals surface area contributed by atoms with Gasteiger partial charge in [0.15, 0.2) is 0 Å². The SMILES string of the molecule is Cc1ccc(CNCc2cccc(C)c2C)cc1. The monoisotopic (exact) mass is 239 g/mol. The van der Waals surface area contributed by atoms with E-state index in [1.165, 1.54) is 27.8 Å². The molecule has 0 unspecified atom stereocenters. The van der Waals surface area contributed by atoms with Crippen molar-refractivity contribution in [1.82, 2.24) is 5.32 Å². The Labute approximate surface area is 110 Å². The fourth-order valence-corrected chi connectivity index (χ4v) is 2.05. The second-order valence-electron chi connectivity index (χ2n) is 4.95. The molecule has 0 amide bonds. The number of nitrogens with one attached hydrogen (secondary N) is 1. The van der Waals surface area contributed by atoms with E-state index in [2.05, 4.69) is 68.6 Å². The van der Waals surface area contributed by atoms with Crippen LogP contribution in [0.15, 0.2) is 42.5 Å². The van der Waals surface area contributed by atoms with Crippen molar-refractivity contribution >= 4 is 0 Å². The van der Waals surface area contributed by atoms with Gasteiger partial charge in [0.2, 0.25) is 0 Å². The highest BCUT2D eigenvalue weighted by atomic mass is 14.8. The van der Waals surface area contributed by atoms with Crippen LogP contribution in [0.1, 0.15) is 27.8 Å². The van der Waals surface area contributed by atoms with Gasteiger partial charge < -0.3 is 5.32 Å². The van der Waals surface area contributed by atoms with Crippen molar-refractivity contribution in [3.63, 3.8) is 0 Å². The molecule has 94 valence electrons. The Balaban J connectivity index is 1.92. The molecule has 1 N–H and O–H groups in total. The van der Waals surface area contributed by atoms with Crippen molar-refractivity contribution in [3.05, 3.63) is 70.3 Å². The second-order valence-corrected chi connectivity index (χ2v) is 4.95. The molecule has 18 heavy (non-hydrogen) atoms. The fourth-order valence-electron chi connectivity index (χ4n) is 2.05. The van der Waals surface area contributed by atoms with Crippen LogP contribution in [-0.4, -0.2) is 0 Å². The maximum Gasteiger partial charge on any atom is 0.0211 e. The third-order valence-electron chi connectivity index (χ3n) is 3.48. The topological polar surface area (TPSA) is 12.0 Å². The molecule has 1 heteroatoms. The molecule has 0 aliphatic heterocycles. The number of hydrogen-bond acceptors (Lipinski definition) is 1. The lowest BCUT2D eigenvalue weighted by molar-refractivity contribution is 0.690. The zero-order valence-corrected chi connectivity index (χ0v) is 11.5. The highest BCUT2D eigenvalue weighted by Gasteiger charge is 2.00. The van der Waals surface area contributed by atoms with Crippen LogP contribution in [0.25, 0.3) is 0 Å². The van der Waals surface area contributed by atoms with Crippen LogP contribution >= 0.6 is 0 Å². The molecule has 0 aliphatic rings. The molecule has 1 nitrogen and oxygen atoms in total. The molecule has 0 saturated carbocycles. The summed E-state index contributed by atoms with van der Waals surface area (Å²) >= 11 is 0. The molecule has 2 rings (SSSR count). The van der Waals surface area contributed by atoms with Gasteiger partial charge >= 0.3 is 0 Å². The molecule has 0 bridgehead atoms. The number of benzene rings is 2. The summed E-state index contributed by atoms with van der Waals surface area (Å²) in [6.07, 6.45) is 0. The second kappa shape index (κ2) is 5.83. The number of hydrogen-bond donors (Lipinski definition) is 1. The predicted molar refractivity (Wildman–Crippen MR) is 77.6 cm³/mol. The van der Waals surface area contributed by atoms with Crippen LogP contribution in [0, 0.1) is 20.8 Å². The summed E-state index contributed by atoms with van der Waals surface area (Å²) in [6, 6.07) is 15.2. The Morgan fingerprint density at radius 2 is 1.56 bits per heavy atom. The Kier molecular flexibility index (Phi) is 4.16. The summed E-state index contributed by atoms with van der Waals surface area (Å²) < 4.78 is 0. The van der Waals surface area contributed by atoms with Crippen LogP contribution in [-0.2, 0) is 13.1 Å². The van der Waals surface area contributed by atoms with E-state index in [0.717, 1.165) is 13.1 Å². The lowest BCUT2D eigenvalue weighted by atomic mass is 10.0. The predicted octanol–water partition coefficient (Wildman–Crippen LogP) is 3.90. The Morgan fingerprint density at radius 3 is 2.28 bits per heavy atom. The van der Waals surface area contributed by atoms with E-state index < -0.39 is 0 Å². The van der Waals surface area contributed by atoms with Gasteiger partial charge in [0.05, 0.1) is 0 Å². The number of rotatable bonds is 4. The van der Waals surface area contributed by atoms with E-state index in [9.17, 15) is 0 Å². The average molecular weight is 239 g/mol. The highest BCUT2D eigenvalue weighted by molar-refractivity contribution is 5.33. The van der Waals surface area contributed by atoms with Gasteiger partial charge in [0, 0.05) is 13.1 Å². The molecule has 0 radical (unpaired) electrons. The van der Waals surface area contributed by atoms with Crippen LogP contribution < -0.4 is 5.32 Å². The maximum atomic E-state index is 3.51. The minimum atomic E-state index is 0.924. The minimum Gasteiger partial charge on any atom is -0.309 e. The molecule has 0 atom stereocenters. The Bertz CT molecular complexity index is 512. The fraction of sp³-hybridized carbons (Fsp3) is 0.294. The van der Waals surface area contributed by atoms with Gasteiger partial charge in [-0.05, 0) is 43.0 Å². The van der Waals surface area contributed by atoms with Crippen molar-refractivity contribution in [1.29, 1.82) is 0 Å². The van der Waals surface area contributed by atoms with Gasteiger partial charge in [-0.15, -0.1) is 0 Å². The smallest absolute Gasteiger partial charge is 0.0211 e. The first-order chi connectivity index (χ1) is 8.66. The zero-order chi connectivity index (χ0) is 13.0.